The molecule has 0 aliphatic heterocycles. The van der Waals surface area contributed by atoms with Gasteiger partial charge in [-0.3, -0.25) is 0 Å². The van der Waals surface area contributed by atoms with Crippen molar-refractivity contribution in [2.45, 2.75) is 19.4 Å². The van der Waals surface area contributed by atoms with Gasteiger partial charge in [-0.15, -0.1) is 0 Å². The number of nitriles is 1. The summed E-state index contributed by atoms with van der Waals surface area (Å²) in [5.41, 5.74) is 1.79. The average Bonchev–Trinajstić information content (AvgIpc) is 2.29. The number of hydrogen-bond donors (Lipinski definition) is 2. The zero-order valence-electron chi connectivity index (χ0n) is 8.90. The summed E-state index contributed by atoms with van der Waals surface area (Å²) in [5, 5.41) is 20.7. The first-order valence-electron chi connectivity index (χ1n) is 5.12. The van der Waals surface area contributed by atoms with Gasteiger partial charge in [-0.1, -0.05) is 12.1 Å². The quantitative estimate of drug-likeness (QED) is 0.716. The molecule has 15 heavy (non-hydrogen) atoms. The van der Waals surface area contributed by atoms with Crippen LogP contribution >= 0.6 is 0 Å². The molecule has 0 aliphatic rings. The molecule has 1 aromatic carbocycles. The van der Waals surface area contributed by atoms with E-state index in [0.29, 0.717) is 5.56 Å². The van der Waals surface area contributed by atoms with E-state index in [1.54, 1.807) is 6.07 Å². The molecule has 1 unspecified atom stereocenters. The molecule has 0 saturated carbocycles. The molecule has 0 amide bonds. The monoisotopic (exact) mass is 204 g/mol. The molecule has 1 aromatic rings. The van der Waals surface area contributed by atoms with Crippen LogP contribution in [0.15, 0.2) is 24.3 Å². The van der Waals surface area contributed by atoms with Crippen LogP contribution in [0.5, 0.6) is 0 Å². The van der Waals surface area contributed by atoms with Gasteiger partial charge in [0.1, 0.15) is 0 Å². The van der Waals surface area contributed by atoms with Crippen molar-refractivity contribution in [2.75, 3.05) is 13.2 Å². The molecule has 3 heteroatoms. The van der Waals surface area contributed by atoms with Gasteiger partial charge in [-0.2, -0.15) is 5.26 Å². The molecular weight excluding hydrogens is 188 g/mol. The first-order valence-corrected chi connectivity index (χ1v) is 5.12. The molecule has 0 saturated heterocycles. The van der Waals surface area contributed by atoms with Crippen molar-refractivity contribution in [1.29, 1.82) is 5.26 Å². The summed E-state index contributed by atoms with van der Waals surface area (Å²) in [6.45, 7) is 3.04. The van der Waals surface area contributed by atoms with Crippen molar-refractivity contribution in [1.82, 2.24) is 5.32 Å². The van der Waals surface area contributed by atoms with E-state index in [2.05, 4.69) is 11.4 Å². The largest absolute Gasteiger partial charge is 0.396 e. The highest BCUT2D eigenvalue weighted by Crippen LogP contribution is 2.13. The SMILES string of the molecule is CC(NCCCO)c1cccc(C#N)c1. The van der Waals surface area contributed by atoms with Crippen LogP contribution in [0.1, 0.15) is 30.5 Å². The minimum absolute atomic E-state index is 0.206. The predicted octanol–water partition coefficient (Wildman–Crippen LogP) is 1.59. The minimum Gasteiger partial charge on any atom is -0.396 e. The van der Waals surface area contributed by atoms with Crippen LogP contribution < -0.4 is 5.32 Å². The van der Waals surface area contributed by atoms with Gasteiger partial charge in [0.25, 0.3) is 0 Å². The number of nitrogens with one attached hydrogen (secondary N) is 1. The van der Waals surface area contributed by atoms with E-state index in [1.807, 2.05) is 25.1 Å². The van der Waals surface area contributed by atoms with Crippen molar-refractivity contribution in [3.63, 3.8) is 0 Å². The first kappa shape index (κ1) is 11.7. The van der Waals surface area contributed by atoms with E-state index in [9.17, 15) is 0 Å². The highest BCUT2D eigenvalue weighted by Gasteiger charge is 2.04. The van der Waals surface area contributed by atoms with E-state index in [-0.39, 0.29) is 12.6 Å². The lowest BCUT2D eigenvalue weighted by atomic mass is 10.1. The summed E-state index contributed by atoms with van der Waals surface area (Å²) < 4.78 is 0. The van der Waals surface area contributed by atoms with E-state index >= 15 is 0 Å². The van der Waals surface area contributed by atoms with Gasteiger partial charge in [-0.05, 0) is 37.6 Å². The van der Waals surface area contributed by atoms with Gasteiger partial charge in [0.2, 0.25) is 0 Å². The maximum Gasteiger partial charge on any atom is 0.0991 e. The molecule has 0 spiro atoms. The van der Waals surface area contributed by atoms with Crippen molar-refractivity contribution in [2.24, 2.45) is 0 Å². The molecule has 0 aromatic heterocycles. The topological polar surface area (TPSA) is 56.0 Å². The summed E-state index contributed by atoms with van der Waals surface area (Å²) in [4.78, 5) is 0. The summed E-state index contributed by atoms with van der Waals surface area (Å²) in [6, 6.07) is 9.90. The fraction of sp³-hybridized carbons (Fsp3) is 0.417. The molecule has 80 valence electrons. The Labute approximate surface area is 90.4 Å². The Morgan fingerprint density at radius 2 is 2.33 bits per heavy atom. The van der Waals surface area contributed by atoms with Crippen LogP contribution in [-0.2, 0) is 0 Å². The van der Waals surface area contributed by atoms with Crippen molar-refractivity contribution >= 4 is 0 Å². The van der Waals surface area contributed by atoms with Crippen molar-refractivity contribution in [3.05, 3.63) is 35.4 Å². The summed E-state index contributed by atoms with van der Waals surface area (Å²) in [7, 11) is 0. The summed E-state index contributed by atoms with van der Waals surface area (Å²) in [6.07, 6.45) is 0.752. The molecule has 1 atom stereocenters. The molecule has 0 fully saturated rings. The van der Waals surface area contributed by atoms with Gasteiger partial charge >= 0.3 is 0 Å². The summed E-state index contributed by atoms with van der Waals surface area (Å²) >= 11 is 0. The second kappa shape index (κ2) is 6.18. The highest BCUT2D eigenvalue weighted by molar-refractivity contribution is 5.33. The van der Waals surface area contributed by atoms with Crippen LogP contribution in [0, 0.1) is 11.3 Å². The van der Waals surface area contributed by atoms with Crippen molar-refractivity contribution in [3.8, 4) is 6.07 Å². The Kier molecular flexibility index (Phi) is 4.82. The maximum atomic E-state index is 8.75. The average molecular weight is 204 g/mol. The van der Waals surface area contributed by atoms with Gasteiger partial charge in [0.05, 0.1) is 11.6 Å². The Balaban J connectivity index is 2.57. The molecule has 0 bridgehead atoms. The number of aliphatic hydroxyl groups is 1. The van der Waals surface area contributed by atoms with Crippen LogP contribution in [0.25, 0.3) is 0 Å². The number of benzene rings is 1. The number of rotatable bonds is 5. The van der Waals surface area contributed by atoms with E-state index in [1.165, 1.54) is 0 Å². The molecule has 1 rings (SSSR count). The van der Waals surface area contributed by atoms with Gasteiger partial charge in [0.15, 0.2) is 0 Å². The van der Waals surface area contributed by atoms with Gasteiger partial charge in [-0.25, -0.2) is 0 Å². The number of hydrogen-bond acceptors (Lipinski definition) is 3. The highest BCUT2D eigenvalue weighted by atomic mass is 16.3. The maximum absolute atomic E-state index is 8.75. The van der Waals surface area contributed by atoms with Crippen molar-refractivity contribution < 1.29 is 5.11 Å². The van der Waals surface area contributed by atoms with E-state index in [0.717, 1.165) is 18.5 Å². The Bertz CT molecular complexity index is 344. The number of aliphatic hydroxyl groups excluding tert-OH is 1. The zero-order chi connectivity index (χ0) is 11.1. The Morgan fingerprint density at radius 1 is 1.53 bits per heavy atom. The third-order valence-electron chi connectivity index (χ3n) is 2.30. The molecule has 3 nitrogen and oxygen atoms in total. The molecule has 0 radical (unpaired) electrons. The molecule has 2 N–H and O–H groups in total. The third-order valence-corrected chi connectivity index (χ3v) is 2.30. The molecular formula is C12H16N2O. The minimum atomic E-state index is 0.206. The third kappa shape index (κ3) is 3.70. The Hall–Kier alpha value is -1.37. The van der Waals surface area contributed by atoms with Crippen LogP contribution in [0.4, 0.5) is 0 Å². The standard InChI is InChI=1S/C12H16N2O/c1-10(14-6-3-7-15)12-5-2-4-11(8-12)9-13/h2,4-5,8,10,14-15H,3,6-7H2,1H3. The lowest BCUT2D eigenvalue weighted by Crippen LogP contribution is -2.20. The smallest absolute Gasteiger partial charge is 0.0991 e. The second-order valence-electron chi connectivity index (χ2n) is 3.49. The molecule has 0 heterocycles. The Morgan fingerprint density at radius 3 is 3.00 bits per heavy atom. The van der Waals surface area contributed by atoms with Crippen LogP contribution in [-0.4, -0.2) is 18.3 Å². The first-order chi connectivity index (χ1) is 7.27. The predicted molar refractivity (Wildman–Crippen MR) is 59.3 cm³/mol. The lowest BCUT2D eigenvalue weighted by Gasteiger charge is -2.13. The van der Waals surface area contributed by atoms with E-state index < -0.39 is 0 Å². The second-order valence-corrected chi connectivity index (χ2v) is 3.49. The fourth-order valence-corrected chi connectivity index (χ4v) is 1.39. The van der Waals surface area contributed by atoms with Crippen LogP contribution in [0.2, 0.25) is 0 Å². The number of nitrogens with zero attached hydrogens (tertiary/aromatic N) is 1. The fourth-order valence-electron chi connectivity index (χ4n) is 1.39. The van der Waals surface area contributed by atoms with Gasteiger partial charge in [0, 0.05) is 12.6 Å². The summed E-state index contributed by atoms with van der Waals surface area (Å²) in [5.74, 6) is 0. The normalized spacial score (nSPS) is 12.1. The lowest BCUT2D eigenvalue weighted by molar-refractivity contribution is 0.284. The van der Waals surface area contributed by atoms with E-state index in [4.69, 9.17) is 10.4 Å². The molecule has 0 aliphatic carbocycles. The van der Waals surface area contributed by atoms with Gasteiger partial charge < -0.3 is 10.4 Å². The van der Waals surface area contributed by atoms with Crippen LogP contribution in [0.3, 0.4) is 0 Å². The zero-order valence-corrected chi connectivity index (χ0v) is 8.90.